The van der Waals surface area contributed by atoms with Crippen LogP contribution in [0.2, 0.25) is 5.02 Å². The topological polar surface area (TPSA) is 35.0 Å². The van der Waals surface area contributed by atoms with Crippen LogP contribution in [0.3, 0.4) is 0 Å². The highest BCUT2D eigenvalue weighted by atomic mass is 35.5. The second kappa shape index (κ2) is 5.51. The normalized spacial score (nSPS) is 22.0. The Morgan fingerprint density at radius 3 is 1.85 bits per heavy atom. The number of hydrogen-bond acceptors (Lipinski definition) is 1. The number of benzene rings is 1. The second-order valence-corrected chi connectivity index (χ2v) is 7.56. The molecule has 0 heterocycles. The molecule has 3 heteroatoms. The molecule has 0 amide bonds. The van der Waals surface area contributed by atoms with Crippen LogP contribution < -0.4 is 6.15 Å². The summed E-state index contributed by atoms with van der Waals surface area (Å²) in [5.74, 6) is 0. The molecule has 3 rings (SSSR count). The Balaban J connectivity index is 0.000001000. The average molecular weight is 316 g/mol. The van der Waals surface area contributed by atoms with Crippen molar-refractivity contribution in [3.8, 4) is 0 Å². The molecule has 1 nitrogen and oxygen atoms in total. The minimum Gasteiger partial charge on any atom is -0.344 e. The van der Waals surface area contributed by atoms with Crippen molar-refractivity contribution in [1.82, 2.24) is 6.15 Å². The molecular weight excluding hydrogens is 289 g/mol. The molecule has 114 valence electrons. The van der Waals surface area contributed by atoms with Crippen molar-refractivity contribution in [2.24, 2.45) is 10.8 Å². The third kappa shape index (κ3) is 2.28. The molecule has 20 heavy (non-hydrogen) atoms. The molecule has 1 aromatic rings. The van der Waals surface area contributed by atoms with Gasteiger partial charge in [0.2, 0.25) is 0 Å². The van der Waals surface area contributed by atoms with E-state index in [-0.39, 0.29) is 18.6 Å². The molecule has 0 aliphatic heterocycles. The van der Waals surface area contributed by atoms with E-state index in [1.807, 2.05) is 0 Å². The summed E-state index contributed by atoms with van der Waals surface area (Å²) in [6.07, 6.45) is 6.86. The third-order valence-electron chi connectivity index (χ3n) is 6.31. The summed E-state index contributed by atoms with van der Waals surface area (Å²) < 4.78 is 0. The van der Waals surface area contributed by atoms with Crippen molar-refractivity contribution in [3.63, 3.8) is 0 Å². The van der Waals surface area contributed by atoms with E-state index in [1.54, 1.807) is 0 Å². The lowest BCUT2D eigenvalue weighted by Crippen LogP contribution is -2.51. The predicted octanol–water partition coefficient (Wildman–Crippen LogP) is 6.17. The first-order valence-corrected chi connectivity index (χ1v) is 7.55. The van der Waals surface area contributed by atoms with Gasteiger partial charge >= 0.3 is 0 Å². The van der Waals surface area contributed by atoms with Crippen LogP contribution >= 0.6 is 24.0 Å². The highest BCUT2D eigenvalue weighted by Crippen LogP contribution is 2.69. The fourth-order valence-corrected chi connectivity index (χ4v) is 4.09. The molecule has 1 aromatic carbocycles. The summed E-state index contributed by atoms with van der Waals surface area (Å²) in [5.41, 5.74) is 2.85. The molecule has 0 unspecified atom stereocenters. The maximum atomic E-state index is 6.04. The average Bonchev–Trinajstić information content (AvgIpc) is 2.99. The van der Waals surface area contributed by atoms with E-state index in [0.29, 0.717) is 16.2 Å². The molecule has 0 aromatic heterocycles. The van der Waals surface area contributed by atoms with Gasteiger partial charge in [-0.3, -0.25) is 0 Å². The summed E-state index contributed by atoms with van der Waals surface area (Å²) in [5, 5.41) is 0.851. The van der Waals surface area contributed by atoms with Gasteiger partial charge in [-0.25, -0.2) is 0 Å². The largest absolute Gasteiger partial charge is 0.344 e. The van der Waals surface area contributed by atoms with Crippen LogP contribution in [0.5, 0.6) is 0 Å². The van der Waals surface area contributed by atoms with Gasteiger partial charge in [0.05, 0.1) is 0 Å². The van der Waals surface area contributed by atoms with Gasteiger partial charge in [-0.05, 0) is 54.2 Å². The lowest BCUT2D eigenvalue weighted by Gasteiger charge is -2.57. The van der Waals surface area contributed by atoms with Gasteiger partial charge in [0.25, 0.3) is 0 Å². The first kappa shape index (κ1) is 17.8. The molecule has 0 bridgehead atoms. The van der Waals surface area contributed by atoms with E-state index in [1.165, 1.54) is 37.7 Å². The molecule has 2 fully saturated rings. The highest BCUT2D eigenvalue weighted by molar-refractivity contribution is 6.30. The van der Waals surface area contributed by atoms with E-state index in [2.05, 4.69) is 45.0 Å². The van der Waals surface area contributed by atoms with Gasteiger partial charge in [-0.1, -0.05) is 50.9 Å². The van der Waals surface area contributed by atoms with Crippen LogP contribution in [0, 0.1) is 10.8 Å². The maximum Gasteiger partial charge on any atom is 0.0406 e. The zero-order chi connectivity index (χ0) is 13.0. The molecule has 0 radical (unpaired) electrons. The van der Waals surface area contributed by atoms with E-state index >= 15 is 0 Å². The fraction of sp³-hybridized carbons (Fsp3) is 0.647. The first-order valence-electron chi connectivity index (χ1n) is 7.17. The zero-order valence-electron chi connectivity index (χ0n) is 12.8. The van der Waals surface area contributed by atoms with Gasteiger partial charge in [0.1, 0.15) is 0 Å². The van der Waals surface area contributed by atoms with Crippen molar-refractivity contribution in [1.29, 1.82) is 0 Å². The Morgan fingerprint density at radius 2 is 1.50 bits per heavy atom. The molecule has 2 aliphatic rings. The van der Waals surface area contributed by atoms with Crippen LogP contribution in [-0.2, 0) is 5.41 Å². The van der Waals surface area contributed by atoms with Crippen molar-refractivity contribution in [2.75, 3.05) is 0 Å². The molecule has 0 atom stereocenters. The standard InChI is InChI=1S/C17H23Cl.ClH.H3N/c1-15(2,16(3)11-12-16)17(9-4-10-17)13-5-7-14(18)8-6-13;;/h5-8H,4,9-12H2,1-3H3;1H;1H3. The highest BCUT2D eigenvalue weighted by Gasteiger charge is 2.62. The molecule has 0 saturated heterocycles. The van der Waals surface area contributed by atoms with E-state index in [4.69, 9.17) is 11.6 Å². The van der Waals surface area contributed by atoms with Gasteiger partial charge < -0.3 is 6.15 Å². The third-order valence-corrected chi connectivity index (χ3v) is 6.56. The summed E-state index contributed by atoms with van der Waals surface area (Å²) in [7, 11) is 0. The van der Waals surface area contributed by atoms with Crippen molar-refractivity contribution in [3.05, 3.63) is 34.9 Å². The van der Waals surface area contributed by atoms with Crippen molar-refractivity contribution < 1.29 is 0 Å². The number of halogens is 2. The second-order valence-electron chi connectivity index (χ2n) is 7.13. The van der Waals surface area contributed by atoms with Crippen LogP contribution in [-0.4, -0.2) is 0 Å². The first-order chi connectivity index (χ1) is 8.41. The Bertz CT molecular complexity index is 456. The monoisotopic (exact) mass is 315 g/mol. The Morgan fingerprint density at radius 1 is 1.00 bits per heavy atom. The SMILES string of the molecule is CC1(C(C)(C)C2(c3ccc(Cl)cc3)CCC2)CC1.Cl.N. The lowest BCUT2D eigenvalue weighted by atomic mass is 9.47. The van der Waals surface area contributed by atoms with Gasteiger partial charge in [-0.15, -0.1) is 12.4 Å². The molecule has 0 spiro atoms. The predicted molar refractivity (Wildman–Crippen MR) is 90.4 cm³/mol. The van der Waals surface area contributed by atoms with E-state index in [9.17, 15) is 0 Å². The van der Waals surface area contributed by atoms with Crippen molar-refractivity contribution >= 4 is 24.0 Å². The van der Waals surface area contributed by atoms with Gasteiger partial charge in [0.15, 0.2) is 0 Å². The summed E-state index contributed by atoms with van der Waals surface area (Å²) in [6, 6.07) is 8.63. The molecule has 2 saturated carbocycles. The van der Waals surface area contributed by atoms with Crippen LogP contribution in [0.15, 0.2) is 24.3 Å². The molecular formula is C17H27Cl2N. The minimum absolute atomic E-state index is 0. The van der Waals surface area contributed by atoms with Gasteiger partial charge in [-0.2, -0.15) is 0 Å². The molecule has 2 aliphatic carbocycles. The minimum atomic E-state index is 0. The Hall–Kier alpha value is -0.240. The van der Waals surface area contributed by atoms with Crippen molar-refractivity contribution in [2.45, 2.75) is 58.3 Å². The Labute approximate surface area is 134 Å². The van der Waals surface area contributed by atoms with Gasteiger partial charge in [0, 0.05) is 10.4 Å². The fourth-order valence-electron chi connectivity index (χ4n) is 3.96. The maximum absolute atomic E-state index is 6.04. The van der Waals surface area contributed by atoms with Crippen LogP contribution in [0.25, 0.3) is 0 Å². The van der Waals surface area contributed by atoms with Crippen LogP contribution in [0.4, 0.5) is 0 Å². The smallest absolute Gasteiger partial charge is 0.0406 e. The van der Waals surface area contributed by atoms with E-state index < -0.39 is 0 Å². The summed E-state index contributed by atoms with van der Waals surface area (Å²) >= 11 is 6.04. The quantitative estimate of drug-likeness (QED) is 0.711. The zero-order valence-corrected chi connectivity index (χ0v) is 14.4. The summed E-state index contributed by atoms with van der Waals surface area (Å²) in [6.45, 7) is 7.46. The number of rotatable bonds is 3. The lowest BCUT2D eigenvalue weighted by molar-refractivity contribution is 0.00756. The van der Waals surface area contributed by atoms with Crippen LogP contribution in [0.1, 0.15) is 58.4 Å². The molecule has 3 N–H and O–H groups in total. The Kier molecular flexibility index (Phi) is 4.91. The number of hydrogen-bond donors (Lipinski definition) is 1. The summed E-state index contributed by atoms with van der Waals surface area (Å²) in [4.78, 5) is 0. The van der Waals surface area contributed by atoms with E-state index in [0.717, 1.165) is 5.02 Å².